The molecule has 1 saturated carbocycles. The van der Waals surface area contributed by atoms with Crippen LogP contribution in [0.4, 0.5) is 0 Å². The van der Waals surface area contributed by atoms with E-state index in [0.717, 1.165) is 24.0 Å². The largest absolute Gasteiger partial charge is 0.332 e. The maximum absolute atomic E-state index is 12.7. The fourth-order valence-electron chi connectivity index (χ4n) is 3.28. The van der Waals surface area contributed by atoms with E-state index in [4.69, 9.17) is 0 Å². The van der Waals surface area contributed by atoms with Gasteiger partial charge in [-0.2, -0.15) is 4.31 Å². The molecule has 1 amide bonds. The molecule has 0 aliphatic heterocycles. The number of nitrogens with zero attached hydrogens (tertiary/aromatic N) is 2. The van der Waals surface area contributed by atoms with Crippen LogP contribution in [0, 0.1) is 0 Å². The van der Waals surface area contributed by atoms with Crippen LogP contribution in [-0.4, -0.2) is 42.7 Å². The van der Waals surface area contributed by atoms with Crippen molar-refractivity contribution in [3.05, 3.63) is 71.8 Å². The van der Waals surface area contributed by atoms with Crippen LogP contribution in [0.3, 0.4) is 0 Å². The molecule has 1 aliphatic rings. The van der Waals surface area contributed by atoms with Gasteiger partial charge in [0.25, 0.3) is 0 Å². The molecule has 0 spiro atoms. The van der Waals surface area contributed by atoms with Crippen LogP contribution in [0.5, 0.6) is 0 Å². The highest BCUT2D eigenvalue weighted by molar-refractivity contribution is 7.89. The zero-order valence-electron chi connectivity index (χ0n) is 17.0. The van der Waals surface area contributed by atoms with Crippen molar-refractivity contribution in [2.24, 2.45) is 0 Å². The summed E-state index contributed by atoms with van der Waals surface area (Å²) in [6.07, 6.45) is 5.42. The minimum Gasteiger partial charge on any atom is -0.332 e. The highest BCUT2D eigenvalue weighted by atomic mass is 32.2. The molecular weight excluding hydrogens is 384 g/mol. The van der Waals surface area contributed by atoms with Crippen LogP contribution in [0.15, 0.2) is 65.6 Å². The molecule has 0 saturated heterocycles. The molecule has 0 N–H and O–H groups in total. The Morgan fingerprint density at radius 1 is 1.00 bits per heavy atom. The summed E-state index contributed by atoms with van der Waals surface area (Å²) in [5.41, 5.74) is 1.92. The summed E-state index contributed by atoms with van der Waals surface area (Å²) in [7, 11) is -3.47. The molecule has 5 nitrogen and oxygen atoms in total. The first-order valence-electron chi connectivity index (χ1n) is 10.1. The molecule has 0 unspecified atom stereocenters. The lowest BCUT2D eigenvalue weighted by Gasteiger charge is -2.21. The van der Waals surface area contributed by atoms with Crippen LogP contribution in [0.2, 0.25) is 0 Å². The predicted octanol–water partition coefficient (Wildman–Crippen LogP) is 3.92. The molecule has 0 heterocycles. The van der Waals surface area contributed by atoms with Crippen molar-refractivity contribution >= 4 is 22.0 Å². The van der Waals surface area contributed by atoms with Crippen LogP contribution >= 0.6 is 0 Å². The van der Waals surface area contributed by atoms with Crippen LogP contribution < -0.4 is 0 Å². The average Bonchev–Trinajstić information content (AvgIpc) is 3.57. The second kappa shape index (κ2) is 9.37. The Morgan fingerprint density at radius 3 is 2.17 bits per heavy atom. The topological polar surface area (TPSA) is 57.7 Å². The third kappa shape index (κ3) is 5.34. The normalized spacial score (nSPS) is 14.4. The van der Waals surface area contributed by atoms with Crippen molar-refractivity contribution in [1.82, 2.24) is 9.21 Å². The highest BCUT2D eigenvalue weighted by Crippen LogP contribution is 2.28. The fourth-order valence-corrected chi connectivity index (χ4v) is 4.74. The number of sulfonamides is 1. The van der Waals surface area contributed by atoms with E-state index in [-0.39, 0.29) is 10.8 Å². The Hall–Kier alpha value is -2.44. The lowest BCUT2D eigenvalue weighted by atomic mass is 10.2. The van der Waals surface area contributed by atoms with Crippen LogP contribution in [-0.2, 0) is 21.4 Å². The molecule has 6 heteroatoms. The maximum atomic E-state index is 12.7. The van der Waals surface area contributed by atoms with E-state index in [1.165, 1.54) is 4.31 Å². The summed E-state index contributed by atoms with van der Waals surface area (Å²) < 4.78 is 26.6. The van der Waals surface area contributed by atoms with E-state index < -0.39 is 10.0 Å². The van der Waals surface area contributed by atoms with Gasteiger partial charge in [-0.3, -0.25) is 4.79 Å². The third-order valence-corrected chi connectivity index (χ3v) is 7.17. The van der Waals surface area contributed by atoms with Crippen molar-refractivity contribution in [2.75, 3.05) is 13.1 Å². The van der Waals surface area contributed by atoms with Crippen LogP contribution in [0.25, 0.3) is 6.08 Å². The molecule has 0 radical (unpaired) electrons. The molecule has 0 bridgehead atoms. The van der Waals surface area contributed by atoms with E-state index >= 15 is 0 Å². The Labute approximate surface area is 173 Å². The van der Waals surface area contributed by atoms with Crippen molar-refractivity contribution < 1.29 is 13.2 Å². The summed E-state index contributed by atoms with van der Waals surface area (Å²) in [6.45, 7) is 5.13. The van der Waals surface area contributed by atoms with Crippen molar-refractivity contribution in [1.29, 1.82) is 0 Å². The van der Waals surface area contributed by atoms with E-state index in [1.54, 1.807) is 36.4 Å². The SMILES string of the molecule is CCN(CC)S(=O)(=O)c1ccc(C=CC(=O)N(Cc2ccccc2)C2CC2)cc1. The standard InChI is InChI=1S/C23H28N2O3S/c1-3-24(4-2)29(27,28)22-15-10-19(11-16-22)12-17-23(26)25(21-13-14-21)18-20-8-6-5-7-9-20/h5-12,15-17,21H,3-4,13-14,18H2,1-2H3. The van der Waals surface area contributed by atoms with Gasteiger partial charge in [0.1, 0.15) is 0 Å². The molecule has 3 rings (SSSR count). The number of carbonyl (C=O) groups is 1. The van der Waals surface area contributed by atoms with Gasteiger partial charge in [-0.05, 0) is 42.2 Å². The summed E-state index contributed by atoms with van der Waals surface area (Å²) in [5.74, 6) is -0.0174. The second-order valence-electron chi connectivity index (χ2n) is 7.17. The number of rotatable bonds is 9. The Bertz CT molecular complexity index is 945. The fraction of sp³-hybridized carbons (Fsp3) is 0.348. The van der Waals surface area contributed by atoms with Gasteiger partial charge in [-0.1, -0.05) is 56.3 Å². The lowest BCUT2D eigenvalue weighted by molar-refractivity contribution is -0.127. The summed E-state index contributed by atoms with van der Waals surface area (Å²) in [6, 6.07) is 17.0. The Morgan fingerprint density at radius 2 is 1.62 bits per heavy atom. The lowest BCUT2D eigenvalue weighted by Crippen LogP contribution is -2.31. The highest BCUT2D eigenvalue weighted by Gasteiger charge is 2.31. The average molecular weight is 413 g/mol. The summed E-state index contributed by atoms with van der Waals surface area (Å²) in [5, 5.41) is 0. The van der Waals surface area contributed by atoms with Gasteiger partial charge >= 0.3 is 0 Å². The minimum absolute atomic E-state index is 0.0174. The first-order chi connectivity index (χ1) is 14.0. The molecule has 1 aliphatic carbocycles. The molecule has 29 heavy (non-hydrogen) atoms. The van der Waals surface area contributed by atoms with Gasteiger partial charge < -0.3 is 4.90 Å². The summed E-state index contributed by atoms with van der Waals surface area (Å²) in [4.78, 5) is 14.9. The molecule has 2 aromatic rings. The quantitative estimate of drug-likeness (QED) is 0.587. The Balaban J connectivity index is 1.69. The molecule has 2 aromatic carbocycles. The van der Waals surface area contributed by atoms with E-state index in [1.807, 2.05) is 49.1 Å². The van der Waals surface area contributed by atoms with E-state index in [9.17, 15) is 13.2 Å². The van der Waals surface area contributed by atoms with Gasteiger partial charge in [0.05, 0.1) is 4.90 Å². The smallest absolute Gasteiger partial charge is 0.247 e. The van der Waals surface area contributed by atoms with Crippen molar-refractivity contribution in [3.8, 4) is 0 Å². The first-order valence-corrected chi connectivity index (χ1v) is 11.5. The number of benzene rings is 2. The minimum atomic E-state index is -3.47. The molecular formula is C23H28N2O3S. The zero-order chi connectivity index (χ0) is 20.9. The molecule has 154 valence electrons. The number of hydrogen-bond acceptors (Lipinski definition) is 3. The first kappa shape index (κ1) is 21.3. The second-order valence-corrected chi connectivity index (χ2v) is 9.11. The van der Waals surface area contributed by atoms with Gasteiger partial charge in [-0.25, -0.2) is 8.42 Å². The number of amides is 1. The molecule has 1 fully saturated rings. The van der Waals surface area contributed by atoms with Gasteiger partial charge in [0.15, 0.2) is 0 Å². The van der Waals surface area contributed by atoms with Crippen molar-refractivity contribution in [3.63, 3.8) is 0 Å². The third-order valence-electron chi connectivity index (χ3n) is 5.11. The predicted molar refractivity (Wildman–Crippen MR) is 116 cm³/mol. The maximum Gasteiger partial charge on any atom is 0.247 e. The van der Waals surface area contributed by atoms with Crippen LogP contribution in [0.1, 0.15) is 37.8 Å². The monoisotopic (exact) mass is 412 g/mol. The van der Waals surface area contributed by atoms with Crippen molar-refractivity contribution in [2.45, 2.75) is 44.2 Å². The molecule has 0 atom stereocenters. The van der Waals surface area contributed by atoms with Gasteiger partial charge in [-0.15, -0.1) is 0 Å². The van der Waals surface area contributed by atoms with E-state index in [0.29, 0.717) is 25.7 Å². The number of hydrogen-bond donors (Lipinski definition) is 0. The van der Waals surface area contributed by atoms with E-state index in [2.05, 4.69) is 0 Å². The zero-order valence-corrected chi connectivity index (χ0v) is 17.8. The Kier molecular flexibility index (Phi) is 6.87. The molecule has 0 aromatic heterocycles. The number of carbonyl (C=O) groups excluding carboxylic acids is 1. The van der Waals surface area contributed by atoms with Gasteiger partial charge in [0, 0.05) is 31.8 Å². The summed E-state index contributed by atoms with van der Waals surface area (Å²) >= 11 is 0. The van der Waals surface area contributed by atoms with Gasteiger partial charge in [0.2, 0.25) is 15.9 Å².